The maximum Gasteiger partial charge on any atom is 0.0734 e. The van der Waals surface area contributed by atoms with Crippen LogP contribution in [0.5, 0.6) is 0 Å². The SMILES string of the molecule is Cc1cc(CC(C)CN)c2ncccc2c1. The number of rotatable bonds is 3. The quantitative estimate of drug-likeness (QED) is 0.853. The van der Waals surface area contributed by atoms with E-state index in [0.717, 1.165) is 18.5 Å². The number of nitrogens with two attached hydrogens (primary N) is 1. The Bertz CT molecular complexity index is 491. The maximum atomic E-state index is 5.68. The molecule has 1 unspecified atom stereocenters. The first-order chi connectivity index (χ1) is 7.70. The van der Waals surface area contributed by atoms with E-state index in [1.54, 1.807) is 0 Å². The highest BCUT2D eigenvalue weighted by atomic mass is 14.7. The van der Waals surface area contributed by atoms with Crippen molar-refractivity contribution in [2.45, 2.75) is 20.3 Å². The Hall–Kier alpha value is -1.41. The van der Waals surface area contributed by atoms with Gasteiger partial charge in [-0.3, -0.25) is 4.98 Å². The number of hydrogen-bond donors (Lipinski definition) is 1. The van der Waals surface area contributed by atoms with Crippen LogP contribution in [0.25, 0.3) is 10.9 Å². The Morgan fingerprint density at radius 3 is 2.94 bits per heavy atom. The second-order valence-corrected chi connectivity index (χ2v) is 4.54. The smallest absolute Gasteiger partial charge is 0.0734 e. The second kappa shape index (κ2) is 4.62. The Morgan fingerprint density at radius 1 is 1.38 bits per heavy atom. The van der Waals surface area contributed by atoms with Gasteiger partial charge in [0, 0.05) is 11.6 Å². The normalized spacial score (nSPS) is 12.9. The van der Waals surface area contributed by atoms with E-state index in [0.29, 0.717) is 5.92 Å². The summed E-state index contributed by atoms with van der Waals surface area (Å²) >= 11 is 0. The number of fused-ring (bicyclic) bond motifs is 1. The Balaban J connectivity index is 2.50. The van der Waals surface area contributed by atoms with Crippen LogP contribution in [0.3, 0.4) is 0 Å². The Morgan fingerprint density at radius 2 is 2.19 bits per heavy atom. The zero-order chi connectivity index (χ0) is 11.5. The van der Waals surface area contributed by atoms with Crippen LogP contribution in [0.4, 0.5) is 0 Å². The molecule has 0 aliphatic rings. The number of benzene rings is 1. The minimum atomic E-state index is 0.506. The van der Waals surface area contributed by atoms with Crippen molar-refractivity contribution in [1.29, 1.82) is 0 Å². The van der Waals surface area contributed by atoms with Gasteiger partial charge in [-0.2, -0.15) is 0 Å². The van der Waals surface area contributed by atoms with Gasteiger partial charge >= 0.3 is 0 Å². The summed E-state index contributed by atoms with van der Waals surface area (Å²) < 4.78 is 0. The van der Waals surface area contributed by atoms with Gasteiger partial charge in [-0.05, 0) is 43.5 Å². The molecular formula is C14H18N2. The van der Waals surface area contributed by atoms with Crippen LogP contribution in [0, 0.1) is 12.8 Å². The first kappa shape index (κ1) is 11.1. The van der Waals surface area contributed by atoms with Gasteiger partial charge in [0.25, 0.3) is 0 Å². The van der Waals surface area contributed by atoms with E-state index in [1.807, 2.05) is 12.3 Å². The molecular weight excluding hydrogens is 196 g/mol. The molecule has 0 aliphatic heterocycles. The summed E-state index contributed by atoms with van der Waals surface area (Å²) in [6, 6.07) is 8.50. The van der Waals surface area contributed by atoms with Gasteiger partial charge in [0.2, 0.25) is 0 Å². The van der Waals surface area contributed by atoms with Crippen LogP contribution in [-0.2, 0) is 6.42 Å². The van der Waals surface area contributed by atoms with Crippen molar-refractivity contribution in [3.05, 3.63) is 41.6 Å². The minimum Gasteiger partial charge on any atom is -0.330 e. The van der Waals surface area contributed by atoms with Crippen LogP contribution in [0.15, 0.2) is 30.5 Å². The van der Waals surface area contributed by atoms with E-state index >= 15 is 0 Å². The monoisotopic (exact) mass is 214 g/mol. The van der Waals surface area contributed by atoms with E-state index in [1.165, 1.54) is 16.5 Å². The molecule has 2 rings (SSSR count). The summed E-state index contributed by atoms with van der Waals surface area (Å²) in [4.78, 5) is 4.47. The minimum absolute atomic E-state index is 0.506. The molecule has 0 amide bonds. The third kappa shape index (κ3) is 2.22. The zero-order valence-electron chi connectivity index (χ0n) is 9.90. The molecule has 2 nitrogen and oxygen atoms in total. The van der Waals surface area contributed by atoms with Crippen molar-refractivity contribution < 1.29 is 0 Å². The lowest BCUT2D eigenvalue weighted by atomic mass is 9.97. The molecule has 84 valence electrons. The lowest BCUT2D eigenvalue weighted by Crippen LogP contribution is -2.13. The highest BCUT2D eigenvalue weighted by Gasteiger charge is 2.07. The summed E-state index contributed by atoms with van der Waals surface area (Å²) in [5, 5.41) is 1.22. The molecule has 1 heterocycles. The number of aromatic nitrogens is 1. The molecule has 0 saturated heterocycles. The first-order valence-electron chi connectivity index (χ1n) is 5.75. The molecule has 0 fully saturated rings. The van der Waals surface area contributed by atoms with Crippen LogP contribution < -0.4 is 5.73 Å². The van der Waals surface area contributed by atoms with Crippen molar-refractivity contribution in [3.8, 4) is 0 Å². The Kier molecular flexibility index (Phi) is 3.20. The van der Waals surface area contributed by atoms with Gasteiger partial charge in [-0.25, -0.2) is 0 Å². The van der Waals surface area contributed by atoms with Gasteiger partial charge in [0.05, 0.1) is 5.52 Å². The standard InChI is InChI=1S/C14H18N2/c1-10-6-12-4-3-5-16-14(12)13(7-10)8-11(2)9-15/h3-7,11H,8-9,15H2,1-2H3. The second-order valence-electron chi connectivity index (χ2n) is 4.54. The topological polar surface area (TPSA) is 38.9 Å². The number of nitrogens with zero attached hydrogens (tertiary/aromatic N) is 1. The third-order valence-electron chi connectivity index (χ3n) is 2.90. The molecule has 2 heteroatoms. The van der Waals surface area contributed by atoms with E-state index in [-0.39, 0.29) is 0 Å². The lowest BCUT2D eigenvalue weighted by Gasteiger charge is -2.11. The molecule has 1 aromatic carbocycles. The molecule has 1 aromatic heterocycles. The summed E-state index contributed by atoms with van der Waals surface area (Å²) in [7, 11) is 0. The fraction of sp³-hybridized carbons (Fsp3) is 0.357. The number of aryl methyl sites for hydroxylation is 1. The average molecular weight is 214 g/mol. The van der Waals surface area contributed by atoms with E-state index in [2.05, 4.69) is 37.0 Å². The molecule has 0 bridgehead atoms. The van der Waals surface area contributed by atoms with Gasteiger partial charge in [-0.1, -0.05) is 24.6 Å². The lowest BCUT2D eigenvalue weighted by molar-refractivity contribution is 0.594. The largest absolute Gasteiger partial charge is 0.330 e. The van der Waals surface area contributed by atoms with E-state index in [4.69, 9.17) is 5.73 Å². The summed E-state index contributed by atoms with van der Waals surface area (Å²) in [6.45, 7) is 5.03. The van der Waals surface area contributed by atoms with Crippen molar-refractivity contribution >= 4 is 10.9 Å². The molecule has 2 N–H and O–H groups in total. The van der Waals surface area contributed by atoms with Crippen LogP contribution in [0.1, 0.15) is 18.1 Å². The van der Waals surface area contributed by atoms with E-state index in [9.17, 15) is 0 Å². The van der Waals surface area contributed by atoms with Gasteiger partial charge in [0.1, 0.15) is 0 Å². The molecule has 0 spiro atoms. The Labute approximate surface area is 96.5 Å². The first-order valence-corrected chi connectivity index (χ1v) is 5.75. The van der Waals surface area contributed by atoms with Crippen molar-refractivity contribution in [2.75, 3.05) is 6.54 Å². The molecule has 16 heavy (non-hydrogen) atoms. The highest BCUT2D eigenvalue weighted by molar-refractivity contribution is 5.82. The van der Waals surface area contributed by atoms with Crippen molar-refractivity contribution in [3.63, 3.8) is 0 Å². The highest BCUT2D eigenvalue weighted by Crippen LogP contribution is 2.21. The molecule has 1 atom stereocenters. The summed E-state index contributed by atoms with van der Waals surface area (Å²) in [5.41, 5.74) is 9.41. The number of hydrogen-bond acceptors (Lipinski definition) is 2. The molecule has 2 aromatic rings. The van der Waals surface area contributed by atoms with Gasteiger partial charge in [-0.15, -0.1) is 0 Å². The number of pyridine rings is 1. The zero-order valence-corrected chi connectivity index (χ0v) is 9.90. The van der Waals surface area contributed by atoms with Crippen LogP contribution >= 0.6 is 0 Å². The summed E-state index contributed by atoms with van der Waals surface area (Å²) in [6.07, 6.45) is 2.86. The fourth-order valence-electron chi connectivity index (χ4n) is 2.05. The molecule has 0 aliphatic carbocycles. The van der Waals surface area contributed by atoms with Gasteiger partial charge < -0.3 is 5.73 Å². The van der Waals surface area contributed by atoms with Crippen LogP contribution in [-0.4, -0.2) is 11.5 Å². The van der Waals surface area contributed by atoms with Crippen molar-refractivity contribution in [2.24, 2.45) is 11.7 Å². The van der Waals surface area contributed by atoms with Crippen molar-refractivity contribution in [1.82, 2.24) is 4.98 Å². The summed E-state index contributed by atoms with van der Waals surface area (Å²) in [5.74, 6) is 0.506. The third-order valence-corrected chi connectivity index (χ3v) is 2.90. The molecule has 0 saturated carbocycles. The fourth-order valence-corrected chi connectivity index (χ4v) is 2.05. The van der Waals surface area contributed by atoms with Gasteiger partial charge in [0.15, 0.2) is 0 Å². The predicted octanol–water partition coefficient (Wildman–Crippen LogP) is 2.68. The van der Waals surface area contributed by atoms with E-state index < -0.39 is 0 Å². The van der Waals surface area contributed by atoms with Crippen LogP contribution in [0.2, 0.25) is 0 Å². The average Bonchev–Trinajstić information content (AvgIpc) is 2.28. The maximum absolute atomic E-state index is 5.68. The molecule has 0 radical (unpaired) electrons. The predicted molar refractivity (Wildman–Crippen MR) is 68.4 cm³/mol.